The molecule has 5 atom stereocenters. The van der Waals surface area contributed by atoms with E-state index in [4.69, 9.17) is 14.6 Å². The zero-order valence-electron chi connectivity index (χ0n) is 20.4. The van der Waals surface area contributed by atoms with Crippen LogP contribution in [0.2, 0.25) is 0 Å². The molecule has 34 heavy (non-hydrogen) atoms. The zero-order valence-corrected chi connectivity index (χ0v) is 20.4. The average Bonchev–Trinajstić information content (AvgIpc) is 3.12. The molecule has 0 bridgehead atoms. The largest absolute Gasteiger partial charge is 0.465 e. The number of hydrogen-bond donors (Lipinski definition) is 1. The Morgan fingerprint density at radius 1 is 1.00 bits per heavy atom. The number of esters is 1. The molecule has 188 valence electrons. The summed E-state index contributed by atoms with van der Waals surface area (Å²) in [4.78, 5) is 44.5. The molecule has 4 heterocycles. The lowest BCUT2D eigenvalue weighted by molar-refractivity contribution is -0.160. The standard InChI is InChI=1S/C26H38N2O6/c1-3-4-14-27-15-11-13-26-19(20-24(32)33-18-10-7-12-25(20,2)34-26)22(30)28(21(26)23(27)31)16-8-5-6-9-17-29/h7,11-13,19-21,29H,3-6,8-10,14-18H2,1-2H3/t19-,20-,21?,25+,26-/m0/s1. The Hall–Kier alpha value is -2.19. The van der Waals surface area contributed by atoms with Gasteiger partial charge in [0.2, 0.25) is 11.8 Å². The molecule has 2 fully saturated rings. The number of amides is 2. The molecule has 0 aromatic rings. The van der Waals surface area contributed by atoms with Crippen molar-refractivity contribution in [3.63, 3.8) is 0 Å². The van der Waals surface area contributed by atoms with Crippen molar-refractivity contribution in [1.29, 1.82) is 0 Å². The summed E-state index contributed by atoms with van der Waals surface area (Å²) in [5.41, 5.74) is -2.22. The summed E-state index contributed by atoms with van der Waals surface area (Å²) in [5.74, 6) is -2.36. The first-order valence-corrected chi connectivity index (χ1v) is 12.8. The molecule has 4 aliphatic heterocycles. The Balaban J connectivity index is 1.72. The van der Waals surface area contributed by atoms with E-state index in [9.17, 15) is 14.4 Å². The van der Waals surface area contributed by atoms with E-state index in [1.54, 1.807) is 4.90 Å². The third-order valence-corrected chi connectivity index (χ3v) is 7.69. The normalized spacial score (nSPS) is 34.9. The second-order valence-electron chi connectivity index (χ2n) is 10.1. The molecule has 4 rings (SSSR count). The third-order valence-electron chi connectivity index (χ3n) is 7.69. The second-order valence-corrected chi connectivity index (χ2v) is 10.1. The predicted octanol–water partition coefficient (Wildman–Crippen LogP) is 2.21. The van der Waals surface area contributed by atoms with Gasteiger partial charge in [0.25, 0.3) is 0 Å². The number of cyclic esters (lactones) is 1. The highest BCUT2D eigenvalue weighted by Gasteiger charge is 2.74. The van der Waals surface area contributed by atoms with Crippen molar-refractivity contribution in [2.75, 3.05) is 32.8 Å². The van der Waals surface area contributed by atoms with Gasteiger partial charge in [-0.25, -0.2) is 0 Å². The fraction of sp³-hybridized carbons (Fsp3) is 0.731. The molecule has 0 saturated carbocycles. The highest BCUT2D eigenvalue weighted by molar-refractivity contribution is 5.99. The summed E-state index contributed by atoms with van der Waals surface area (Å²) in [6.07, 6.45) is 13.2. The molecule has 1 N–H and O–H groups in total. The minimum absolute atomic E-state index is 0.111. The molecule has 0 aromatic heterocycles. The number of carbonyl (C=O) groups excluding carboxylic acids is 3. The summed E-state index contributed by atoms with van der Waals surface area (Å²) in [5, 5.41) is 9.06. The number of likely N-dealkylation sites (tertiary alicyclic amines) is 1. The van der Waals surface area contributed by atoms with Gasteiger partial charge in [0.1, 0.15) is 17.6 Å². The lowest BCUT2D eigenvalue weighted by atomic mass is 9.74. The highest BCUT2D eigenvalue weighted by Crippen LogP contribution is 2.57. The first-order valence-electron chi connectivity index (χ1n) is 12.8. The molecule has 8 nitrogen and oxygen atoms in total. The maximum Gasteiger partial charge on any atom is 0.313 e. The van der Waals surface area contributed by atoms with Crippen LogP contribution in [-0.4, -0.2) is 82.8 Å². The van der Waals surface area contributed by atoms with Crippen molar-refractivity contribution >= 4 is 17.8 Å². The van der Waals surface area contributed by atoms with Crippen LogP contribution in [0.1, 0.15) is 58.8 Å². The van der Waals surface area contributed by atoms with Gasteiger partial charge >= 0.3 is 5.97 Å². The van der Waals surface area contributed by atoms with Crippen molar-refractivity contribution in [2.24, 2.45) is 11.8 Å². The Morgan fingerprint density at radius 3 is 2.56 bits per heavy atom. The fourth-order valence-corrected chi connectivity index (χ4v) is 6.07. The van der Waals surface area contributed by atoms with E-state index in [0.29, 0.717) is 26.1 Å². The van der Waals surface area contributed by atoms with Crippen LogP contribution in [0.3, 0.4) is 0 Å². The predicted molar refractivity (Wildman–Crippen MR) is 126 cm³/mol. The summed E-state index contributed by atoms with van der Waals surface area (Å²) in [6, 6.07) is -0.801. The van der Waals surface area contributed by atoms with Gasteiger partial charge in [-0.15, -0.1) is 0 Å². The molecule has 1 unspecified atom stereocenters. The van der Waals surface area contributed by atoms with Crippen LogP contribution < -0.4 is 0 Å². The van der Waals surface area contributed by atoms with Gasteiger partial charge in [0.15, 0.2) is 0 Å². The molecular formula is C26H38N2O6. The molecule has 0 aliphatic carbocycles. The van der Waals surface area contributed by atoms with E-state index < -0.39 is 35.0 Å². The van der Waals surface area contributed by atoms with E-state index in [1.165, 1.54) is 0 Å². The van der Waals surface area contributed by atoms with Crippen molar-refractivity contribution in [3.8, 4) is 0 Å². The quantitative estimate of drug-likeness (QED) is 0.313. The second kappa shape index (κ2) is 10.2. The Bertz CT molecular complexity index is 856. The molecular weight excluding hydrogens is 436 g/mol. The number of aliphatic hydroxyl groups is 1. The van der Waals surface area contributed by atoms with Crippen LogP contribution in [-0.2, 0) is 23.9 Å². The molecule has 2 amide bonds. The number of fused-ring (bicyclic) bond motifs is 2. The number of ether oxygens (including phenoxy) is 2. The molecule has 1 spiro atoms. The Labute approximate surface area is 201 Å². The average molecular weight is 475 g/mol. The van der Waals surface area contributed by atoms with Crippen molar-refractivity contribution < 1.29 is 29.0 Å². The van der Waals surface area contributed by atoms with E-state index in [-0.39, 0.29) is 25.0 Å². The monoisotopic (exact) mass is 474 g/mol. The van der Waals surface area contributed by atoms with Gasteiger partial charge in [0, 0.05) is 26.2 Å². The number of aliphatic hydroxyl groups excluding tert-OH is 1. The van der Waals surface area contributed by atoms with E-state index >= 15 is 0 Å². The molecule has 8 heteroatoms. The molecule has 0 radical (unpaired) electrons. The zero-order chi connectivity index (χ0) is 24.3. The van der Waals surface area contributed by atoms with Crippen molar-refractivity contribution in [3.05, 3.63) is 24.3 Å². The molecule has 4 aliphatic rings. The van der Waals surface area contributed by atoms with Crippen molar-refractivity contribution in [1.82, 2.24) is 9.80 Å². The van der Waals surface area contributed by atoms with Gasteiger partial charge in [-0.05, 0) is 32.6 Å². The van der Waals surface area contributed by atoms with Gasteiger partial charge in [-0.1, -0.05) is 50.5 Å². The van der Waals surface area contributed by atoms with Crippen LogP contribution in [0, 0.1) is 11.8 Å². The number of rotatable bonds is 9. The van der Waals surface area contributed by atoms with Crippen LogP contribution >= 0.6 is 0 Å². The first kappa shape index (κ1) is 24.9. The SMILES string of the molecule is CCCCN1CC=C[C@]23O[C@]4(C)C=CCCOC(=O)[C@@H]4[C@H]2C(=O)N(CCCCCCO)C3C1=O. The third kappa shape index (κ3) is 4.19. The van der Waals surface area contributed by atoms with Crippen LogP contribution in [0.25, 0.3) is 0 Å². The summed E-state index contributed by atoms with van der Waals surface area (Å²) in [7, 11) is 0. The smallest absolute Gasteiger partial charge is 0.313 e. The fourth-order valence-electron chi connectivity index (χ4n) is 6.07. The maximum absolute atomic E-state index is 14.0. The number of hydrogen-bond acceptors (Lipinski definition) is 6. The minimum Gasteiger partial charge on any atom is -0.465 e. The van der Waals surface area contributed by atoms with Gasteiger partial charge in [-0.3, -0.25) is 14.4 Å². The number of unbranched alkanes of at least 4 members (excludes halogenated alkanes) is 4. The van der Waals surface area contributed by atoms with E-state index in [2.05, 4.69) is 6.92 Å². The Kier molecular flexibility index (Phi) is 7.48. The van der Waals surface area contributed by atoms with Gasteiger partial charge in [-0.2, -0.15) is 0 Å². The number of carbonyl (C=O) groups is 3. The minimum atomic E-state index is -1.20. The lowest BCUT2D eigenvalue weighted by Gasteiger charge is -2.37. The molecule has 2 saturated heterocycles. The lowest BCUT2D eigenvalue weighted by Crippen LogP contribution is -2.56. The Morgan fingerprint density at radius 2 is 1.79 bits per heavy atom. The topological polar surface area (TPSA) is 96.4 Å². The summed E-state index contributed by atoms with van der Waals surface area (Å²) >= 11 is 0. The van der Waals surface area contributed by atoms with E-state index in [0.717, 1.165) is 38.5 Å². The highest BCUT2D eigenvalue weighted by atomic mass is 16.6. The van der Waals surface area contributed by atoms with Crippen LogP contribution in [0.4, 0.5) is 0 Å². The van der Waals surface area contributed by atoms with Gasteiger partial charge in [0.05, 0.1) is 18.1 Å². The summed E-state index contributed by atoms with van der Waals surface area (Å²) in [6.45, 7) is 5.85. The van der Waals surface area contributed by atoms with E-state index in [1.807, 2.05) is 36.1 Å². The first-order chi connectivity index (χ1) is 16.4. The summed E-state index contributed by atoms with van der Waals surface area (Å²) < 4.78 is 12.2. The van der Waals surface area contributed by atoms with Crippen molar-refractivity contribution in [2.45, 2.75) is 76.0 Å². The number of nitrogens with zero attached hydrogens (tertiary/aromatic N) is 2. The molecule has 0 aromatic carbocycles. The maximum atomic E-state index is 14.0. The van der Waals surface area contributed by atoms with Gasteiger partial charge < -0.3 is 24.4 Å². The van der Waals surface area contributed by atoms with Crippen LogP contribution in [0.15, 0.2) is 24.3 Å². The van der Waals surface area contributed by atoms with Crippen LogP contribution in [0.5, 0.6) is 0 Å².